The highest BCUT2D eigenvalue weighted by atomic mass is 16.7. The van der Waals surface area contributed by atoms with Crippen molar-refractivity contribution in [1.29, 1.82) is 0 Å². The highest BCUT2D eigenvalue weighted by Gasteiger charge is 2.25. The van der Waals surface area contributed by atoms with E-state index in [0.717, 1.165) is 96.3 Å². The number of carboxylic acids is 1. The fraction of sp³-hybridized carbons (Fsp3) is 0.689. The lowest BCUT2D eigenvalue weighted by atomic mass is 10.0. The van der Waals surface area contributed by atoms with Gasteiger partial charge in [-0.3, -0.25) is 9.59 Å². The number of carbonyl (C=O) groups is 3. The van der Waals surface area contributed by atoms with E-state index in [0.29, 0.717) is 23.9 Å². The Hall–Kier alpha value is -4.31. The molecule has 0 fully saturated rings. The molecule has 9 nitrogen and oxygen atoms in total. The molecule has 2 atom stereocenters. The first-order valence-electron chi connectivity index (χ1n) is 33.7. The number of esters is 2. The highest BCUT2D eigenvalue weighted by molar-refractivity contribution is 5.71. The third-order valence-corrected chi connectivity index (χ3v) is 14.2. The topological polar surface area (TPSA) is 108 Å². The van der Waals surface area contributed by atoms with Crippen LogP contribution in [0.4, 0.5) is 0 Å². The summed E-state index contributed by atoms with van der Waals surface area (Å²) in [4.78, 5) is 37.6. The average Bonchev–Trinajstić information content (AvgIpc) is 3.46. The molecule has 474 valence electrons. The lowest BCUT2D eigenvalue weighted by Gasteiger charge is -2.25. The maximum absolute atomic E-state index is 12.9. The van der Waals surface area contributed by atoms with Crippen LogP contribution in [0.1, 0.15) is 271 Å². The number of likely N-dealkylation sites (N-methyl/N-ethyl adjacent to an activating group) is 1. The molecule has 0 saturated heterocycles. The Kier molecular flexibility index (Phi) is 60.4. The average molecular weight is 1160 g/mol. The molecule has 0 rings (SSSR count). The van der Waals surface area contributed by atoms with Crippen LogP contribution in [0.5, 0.6) is 0 Å². The fourth-order valence-corrected chi connectivity index (χ4v) is 9.06. The largest absolute Gasteiger partial charge is 0.477 e. The third kappa shape index (κ3) is 65.1. The Balaban J connectivity index is 4.16. The number of carboxylic acid groups (broad SMARTS) is 1. The molecule has 0 radical (unpaired) electrons. The first-order chi connectivity index (χ1) is 40.6. The smallest absolute Gasteiger partial charge is 0.361 e. The van der Waals surface area contributed by atoms with Crippen molar-refractivity contribution in [3.63, 3.8) is 0 Å². The van der Waals surface area contributed by atoms with E-state index < -0.39 is 24.3 Å². The second-order valence-corrected chi connectivity index (χ2v) is 23.4. The monoisotopic (exact) mass is 1160 g/mol. The van der Waals surface area contributed by atoms with E-state index in [1.165, 1.54) is 141 Å². The van der Waals surface area contributed by atoms with Gasteiger partial charge in [0.15, 0.2) is 6.10 Å². The molecule has 0 aliphatic carbocycles. The number of hydrogen-bond donors (Lipinski definition) is 1. The molecule has 0 aromatic carbocycles. The summed E-state index contributed by atoms with van der Waals surface area (Å²) in [5, 5.41) is 9.73. The molecule has 83 heavy (non-hydrogen) atoms. The number of nitrogens with zero attached hydrogens (tertiary/aromatic N) is 1. The summed E-state index contributed by atoms with van der Waals surface area (Å²) in [6.07, 6.45) is 87.2. The molecule has 0 aromatic rings. The molecule has 0 bridgehead atoms. The third-order valence-electron chi connectivity index (χ3n) is 14.2. The second-order valence-electron chi connectivity index (χ2n) is 23.4. The molecule has 0 aromatic heterocycles. The van der Waals surface area contributed by atoms with Crippen LogP contribution in [0.2, 0.25) is 0 Å². The molecule has 0 amide bonds. The fourth-order valence-electron chi connectivity index (χ4n) is 9.06. The summed E-state index contributed by atoms with van der Waals surface area (Å²) in [7, 11) is 5.97. The van der Waals surface area contributed by atoms with Gasteiger partial charge in [-0.05, 0) is 109 Å². The number of unbranched alkanes of at least 4 members (excludes halogenated alkanes) is 26. The molecule has 2 unspecified atom stereocenters. The SMILES string of the molecule is CC/C=C\C/C=C\C/C=C\C/C=C\C/C=C\C/C=C\C/C=C\C/C=C\CCCCCCCCCCCCCCC(=O)OC(COC(=O)CCCCCCCCCCC/C=C\C/C=C\CCCCCCC)COC(OCC[N+](C)(C)C)C(=O)O. The summed E-state index contributed by atoms with van der Waals surface area (Å²) in [5.41, 5.74) is 0. The lowest BCUT2D eigenvalue weighted by molar-refractivity contribution is -0.870. The van der Waals surface area contributed by atoms with E-state index in [1.54, 1.807) is 0 Å². The summed E-state index contributed by atoms with van der Waals surface area (Å²) in [5.74, 6) is -2.01. The van der Waals surface area contributed by atoms with Crippen LogP contribution in [-0.4, -0.2) is 87.4 Å². The van der Waals surface area contributed by atoms with Gasteiger partial charge in [-0.15, -0.1) is 0 Å². The molecule has 0 heterocycles. The van der Waals surface area contributed by atoms with Crippen LogP contribution in [0, 0.1) is 0 Å². The van der Waals surface area contributed by atoms with E-state index >= 15 is 0 Å². The number of hydrogen-bond acceptors (Lipinski definition) is 7. The van der Waals surface area contributed by atoms with E-state index in [1.807, 2.05) is 21.1 Å². The van der Waals surface area contributed by atoms with Gasteiger partial charge < -0.3 is 28.5 Å². The summed E-state index contributed by atoms with van der Waals surface area (Å²) in [6, 6.07) is 0. The molecular weight excluding hydrogens is 1030 g/mol. The van der Waals surface area contributed by atoms with Crippen molar-refractivity contribution in [2.45, 2.75) is 283 Å². The standard InChI is InChI=1S/C74H125NO8/c1-6-8-10-12-14-16-18-20-22-24-26-28-29-30-31-32-33-34-35-36-37-38-39-40-41-42-43-45-47-49-51-53-55-57-59-61-63-65-72(77)83-70(69-82-74(73(78)79)80-67-66-75(3,4)5)68-81-71(76)64-62-60-58-56-54-52-50-48-46-44-27-25-23-21-19-17-15-13-11-9-7-2/h8,10,14,16,19-22,25-28,30-31,33-34,36-37,39-40,70,74H,6-7,9,11-13,15,17-18,23-24,29,32,35,38,41-69H2,1-5H3/p+1/b10-8-,16-14-,21-19-,22-20-,27-25-,28-26-,31-30-,34-33-,37-36-,40-39-. The minimum atomic E-state index is -1.52. The minimum absolute atomic E-state index is 0.182. The molecule has 0 saturated carbocycles. The van der Waals surface area contributed by atoms with Crippen molar-refractivity contribution in [3.05, 3.63) is 122 Å². The van der Waals surface area contributed by atoms with Crippen LogP contribution in [0.3, 0.4) is 0 Å². The normalized spacial score (nSPS) is 13.5. The number of quaternary nitrogens is 1. The minimum Gasteiger partial charge on any atom is -0.477 e. The van der Waals surface area contributed by atoms with E-state index in [9.17, 15) is 19.5 Å². The molecule has 0 aliphatic heterocycles. The van der Waals surface area contributed by atoms with Crippen molar-refractivity contribution in [2.24, 2.45) is 0 Å². The van der Waals surface area contributed by atoms with Gasteiger partial charge in [0.25, 0.3) is 6.29 Å². The zero-order chi connectivity index (χ0) is 60.5. The Morgan fingerprint density at radius 1 is 0.373 bits per heavy atom. The van der Waals surface area contributed by atoms with Gasteiger partial charge in [-0.1, -0.05) is 270 Å². The van der Waals surface area contributed by atoms with Crippen molar-refractivity contribution in [1.82, 2.24) is 0 Å². The van der Waals surface area contributed by atoms with E-state index in [-0.39, 0.29) is 32.2 Å². The number of rotatable bonds is 61. The first kappa shape index (κ1) is 78.7. The Morgan fingerprint density at radius 3 is 1.02 bits per heavy atom. The predicted octanol–water partition coefficient (Wildman–Crippen LogP) is 20.8. The van der Waals surface area contributed by atoms with E-state index in [2.05, 4.69) is 135 Å². The van der Waals surface area contributed by atoms with Gasteiger partial charge in [0.05, 0.1) is 34.4 Å². The van der Waals surface area contributed by atoms with Gasteiger partial charge >= 0.3 is 17.9 Å². The van der Waals surface area contributed by atoms with Crippen LogP contribution >= 0.6 is 0 Å². The highest BCUT2D eigenvalue weighted by Crippen LogP contribution is 2.16. The second kappa shape index (κ2) is 63.7. The molecule has 1 N–H and O–H groups in total. The van der Waals surface area contributed by atoms with Gasteiger partial charge in [-0.25, -0.2) is 4.79 Å². The zero-order valence-corrected chi connectivity index (χ0v) is 54.1. The van der Waals surface area contributed by atoms with Gasteiger partial charge in [0, 0.05) is 12.8 Å². The molecule has 0 aliphatic rings. The summed E-state index contributed by atoms with van der Waals surface area (Å²) < 4.78 is 22.9. The van der Waals surface area contributed by atoms with Crippen LogP contribution in [-0.2, 0) is 33.3 Å². The Bertz CT molecular complexity index is 1780. The van der Waals surface area contributed by atoms with E-state index in [4.69, 9.17) is 18.9 Å². The van der Waals surface area contributed by atoms with Crippen LogP contribution in [0.25, 0.3) is 0 Å². The number of carbonyl (C=O) groups excluding carboxylic acids is 2. The van der Waals surface area contributed by atoms with Crippen molar-refractivity contribution in [2.75, 3.05) is 47.5 Å². The summed E-state index contributed by atoms with van der Waals surface area (Å²) in [6.45, 7) is 4.75. The predicted molar refractivity (Wildman–Crippen MR) is 354 cm³/mol. The molecular formula is C74H126NO8+. The summed E-state index contributed by atoms with van der Waals surface area (Å²) >= 11 is 0. The van der Waals surface area contributed by atoms with Crippen molar-refractivity contribution < 1.29 is 42.9 Å². The lowest BCUT2D eigenvalue weighted by Crippen LogP contribution is -2.40. The maximum Gasteiger partial charge on any atom is 0.361 e. The van der Waals surface area contributed by atoms with Gasteiger partial charge in [0.2, 0.25) is 0 Å². The Morgan fingerprint density at radius 2 is 0.687 bits per heavy atom. The number of aliphatic carboxylic acids is 1. The van der Waals surface area contributed by atoms with Crippen molar-refractivity contribution >= 4 is 17.9 Å². The molecule has 9 heteroatoms. The maximum atomic E-state index is 12.9. The van der Waals surface area contributed by atoms with Crippen LogP contribution in [0.15, 0.2) is 122 Å². The number of ether oxygens (including phenoxy) is 4. The van der Waals surface area contributed by atoms with Gasteiger partial charge in [-0.2, -0.15) is 0 Å². The molecule has 0 spiro atoms. The number of allylic oxidation sites excluding steroid dienone is 20. The Labute approximate surface area is 510 Å². The quantitative estimate of drug-likeness (QED) is 0.0211. The zero-order valence-electron chi connectivity index (χ0n) is 54.1. The first-order valence-corrected chi connectivity index (χ1v) is 33.7. The van der Waals surface area contributed by atoms with Gasteiger partial charge in [0.1, 0.15) is 13.2 Å². The van der Waals surface area contributed by atoms with Crippen LogP contribution < -0.4 is 0 Å². The van der Waals surface area contributed by atoms with Crippen molar-refractivity contribution in [3.8, 4) is 0 Å².